The first-order valence-electron chi connectivity index (χ1n) is 7.56. The Labute approximate surface area is 120 Å². The fourth-order valence-electron chi connectivity index (χ4n) is 3.40. The molecule has 2 heterocycles. The number of amides is 1. The molecule has 2 fully saturated rings. The van der Waals surface area contributed by atoms with Gasteiger partial charge in [-0.25, -0.2) is 0 Å². The first-order valence-corrected chi connectivity index (χ1v) is 7.56. The van der Waals surface area contributed by atoms with Crippen LogP contribution in [0.25, 0.3) is 6.08 Å². The number of benzene rings is 1. The van der Waals surface area contributed by atoms with Crippen LogP contribution in [0.5, 0.6) is 0 Å². The van der Waals surface area contributed by atoms with E-state index in [4.69, 9.17) is 0 Å². The Morgan fingerprint density at radius 1 is 1.20 bits per heavy atom. The highest BCUT2D eigenvalue weighted by molar-refractivity contribution is 5.77. The Kier molecular flexibility index (Phi) is 3.77. The number of hydrogen-bond acceptors (Lipinski definition) is 2. The fourth-order valence-corrected chi connectivity index (χ4v) is 3.40. The van der Waals surface area contributed by atoms with Gasteiger partial charge in [0, 0.05) is 31.6 Å². The van der Waals surface area contributed by atoms with Crippen LogP contribution >= 0.6 is 0 Å². The summed E-state index contributed by atoms with van der Waals surface area (Å²) in [5.74, 6) is 0.323. The number of carbonyl (C=O) groups is 1. The third-order valence-corrected chi connectivity index (χ3v) is 4.38. The second-order valence-electron chi connectivity index (χ2n) is 5.72. The predicted octanol–water partition coefficient (Wildman–Crippen LogP) is 2.74. The van der Waals surface area contributed by atoms with Crippen molar-refractivity contribution in [1.82, 2.24) is 9.80 Å². The zero-order chi connectivity index (χ0) is 13.9. The number of carbonyl (C=O) groups excluding carboxylic acids is 1. The number of hydrogen-bond donors (Lipinski definition) is 0. The summed E-state index contributed by atoms with van der Waals surface area (Å²) >= 11 is 0. The van der Waals surface area contributed by atoms with E-state index in [9.17, 15) is 4.79 Å². The van der Waals surface area contributed by atoms with Crippen LogP contribution in [0.4, 0.5) is 0 Å². The van der Waals surface area contributed by atoms with E-state index >= 15 is 0 Å². The summed E-state index contributed by atoms with van der Waals surface area (Å²) in [6, 6.07) is 11.2. The quantitative estimate of drug-likeness (QED) is 0.843. The summed E-state index contributed by atoms with van der Waals surface area (Å²) in [4.78, 5) is 16.5. The van der Waals surface area contributed by atoms with Gasteiger partial charge < -0.3 is 9.80 Å². The molecule has 3 heteroatoms. The lowest BCUT2D eigenvalue weighted by Crippen LogP contribution is -2.54. The van der Waals surface area contributed by atoms with E-state index in [1.807, 2.05) is 13.0 Å². The minimum absolute atomic E-state index is 0.323. The van der Waals surface area contributed by atoms with Crippen molar-refractivity contribution in [3.63, 3.8) is 0 Å². The molecule has 0 aromatic heterocycles. The molecule has 2 aliphatic heterocycles. The second kappa shape index (κ2) is 5.70. The first kappa shape index (κ1) is 13.2. The van der Waals surface area contributed by atoms with Gasteiger partial charge in [-0.2, -0.15) is 0 Å². The van der Waals surface area contributed by atoms with E-state index in [0.717, 1.165) is 25.9 Å². The number of fused-ring (bicyclic) bond motifs is 2. The molecule has 1 amide bonds. The van der Waals surface area contributed by atoms with Gasteiger partial charge >= 0.3 is 0 Å². The molecule has 0 spiro atoms. The maximum atomic E-state index is 12.0. The molecule has 0 aliphatic carbocycles. The van der Waals surface area contributed by atoms with Gasteiger partial charge in [0.15, 0.2) is 0 Å². The Hall–Kier alpha value is -1.77. The van der Waals surface area contributed by atoms with E-state index in [1.54, 1.807) is 0 Å². The zero-order valence-electron chi connectivity index (χ0n) is 12.0. The molecule has 1 aromatic rings. The normalized spacial score (nSPS) is 25.4. The smallest absolute Gasteiger partial charge is 0.222 e. The molecule has 3 nitrogen and oxygen atoms in total. The minimum atomic E-state index is 0.323. The summed E-state index contributed by atoms with van der Waals surface area (Å²) in [5.41, 5.74) is 1.23. The van der Waals surface area contributed by atoms with Crippen LogP contribution in [-0.4, -0.2) is 40.9 Å². The van der Waals surface area contributed by atoms with Crippen molar-refractivity contribution < 1.29 is 4.79 Å². The van der Waals surface area contributed by atoms with Crippen molar-refractivity contribution in [3.8, 4) is 0 Å². The number of nitrogens with zero attached hydrogens (tertiary/aromatic N) is 2. The van der Waals surface area contributed by atoms with Crippen molar-refractivity contribution >= 4 is 12.0 Å². The van der Waals surface area contributed by atoms with Crippen LogP contribution in [0.15, 0.2) is 36.5 Å². The fraction of sp³-hybridized carbons (Fsp3) is 0.471. The highest BCUT2D eigenvalue weighted by atomic mass is 16.2. The number of likely N-dealkylation sites (tertiary alicyclic amines) is 1. The van der Waals surface area contributed by atoms with Gasteiger partial charge in [-0.1, -0.05) is 37.3 Å². The van der Waals surface area contributed by atoms with E-state index in [-0.39, 0.29) is 0 Å². The van der Waals surface area contributed by atoms with Gasteiger partial charge in [-0.3, -0.25) is 4.79 Å². The standard InChI is InChI=1S/C17H22N2O/c1-2-17(20)19-15-8-9-16(19)13-18(12-15)11-10-14-6-4-3-5-7-14/h3-7,10-11,15-16H,2,8-9,12-13H2,1H3/b11-10-. The average Bonchev–Trinajstić information content (AvgIpc) is 2.76. The van der Waals surface area contributed by atoms with Crippen LogP contribution in [0.3, 0.4) is 0 Å². The molecular weight excluding hydrogens is 248 g/mol. The molecule has 0 saturated carbocycles. The average molecular weight is 270 g/mol. The molecule has 20 heavy (non-hydrogen) atoms. The van der Waals surface area contributed by atoms with Gasteiger partial charge in [0.05, 0.1) is 0 Å². The molecule has 0 radical (unpaired) electrons. The Bertz CT molecular complexity index is 483. The van der Waals surface area contributed by atoms with Gasteiger partial charge in [0.25, 0.3) is 0 Å². The highest BCUT2D eigenvalue weighted by Crippen LogP contribution is 2.30. The third kappa shape index (κ3) is 2.58. The van der Waals surface area contributed by atoms with Crippen LogP contribution in [0.2, 0.25) is 0 Å². The van der Waals surface area contributed by atoms with Gasteiger partial charge in [-0.15, -0.1) is 0 Å². The van der Waals surface area contributed by atoms with E-state index in [2.05, 4.69) is 46.3 Å². The van der Waals surface area contributed by atoms with E-state index in [0.29, 0.717) is 24.4 Å². The van der Waals surface area contributed by atoms with Crippen molar-refractivity contribution in [1.29, 1.82) is 0 Å². The van der Waals surface area contributed by atoms with Gasteiger partial charge in [0.2, 0.25) is 5.91 Å². The summed E-state index contributed by atoms with van der Waals surface area (Å²) < 4.78 is 0. The third-order valence-electron chi connectivity index (χ3n) is 4.38. The van der Waals surface area contributed by atoms with Gasteiger partial charge in [0.1, 0.15) is 0 Å². The molecule has 2 atom stereocenters. The predicted molar refractivity (Wildman–Crippen MR) is 81.0 cm³/mol. The molecular formula is C17H22N2O. The molecule has 106 valence electrons. The van der Waals surface area contributed by atoms with Crippen LogP contribution in [-0.2, 0) is 4.79 Å². The maximum Gasteiger partial charge on any atom is 0.222 e. The molecule has 0 N–H and O–H groups in total. The van der Waals surface area contributed by atoms with E-state index in [1.165, 1.54) is 5.56 Å². The lowest BCUT2D eigenvalue weighted by Gasteiger charge is -2.40. The zero-order valence-corrected chi connectivity index (χ0v) is 12.0. The summed E-state index contributed by atoms with van der Waals surface area (Å²) in [7, 11) is 0. The minimum Gasteiger partial charge on any atom is -0.373 e. The summed E-state index contributed by atoms with van der Waals surface area (Å²) in [6.07, 6.45) is 7.30. The molecule has 2 unspecified atom stereocenters. The van der Waals surface area contributed by atoms with Crippen LogP contribution in [0.1, 0.15) is 31.7 Å². The molecule has 3 rings (SSSR count). The Morgan fingerprint density at radius 3 is 2.45 bits per heavy atom. The van der Waals surface area contributed by atoms with Crippen molar-refractivity contribution in [2.75, 3.05) is 13.1 Å². The van der Waals surface area contributed by atoms with Crippen LogP contribution < -0.4 is 0 Å². The Balaban J connectivity index is 1.66. The summed E-state index contributed by atoms with van der Waals surface area (Å²) in [5, 5.41) is 0. The molecule has 2 aliphatic rings. The van der Waals surface area contributed by atoms with Gasteiger partial charge in [-0.05, 0) is 30.7 Å². The van der Waals surface area contributed by atoms with E-state index < -0.39 is 0 Å². The molecule has 2 bridgehead atoms. The van der Waals surface area contributed by atoms with Crippen molar-refractivity contribution in [2.24, 2.45) is 0 Å². The monoisotopic (exact) mass is 270 g/mol. The van der Waals surface area contributed by atoms with Crippen LogP contribution in [0, 0.1) is 0 Å². The Morgan fingerprint density at radius 2 is 1.85 bits per heavy atom. The van der Waals surface area contributed by atoms with Crippen molar-refractivity contribution in [3.05, 3.63) is 42.1 Å². The lowest BCUT2D eigenvalue weighted by molar-refractivity contribution is -0.136. The molecule has 1 aromatic carbocycles. The highest BCUT2D eigenvalue weighted by Gasteiger charge is 2.40. The number of rotatable bonds is 3. The number of piperazine rings is 1. The topological polar surface area (TPSA) is 23.6 Å². The SMILES string of the molecule is CCC(=O)N1C2CCC1CN(/C=C\c1ccccc1)C2. The first-order chi connectivity index (χ1) is 9.78. The maximum absolute atomic E-state index is 12.0. The molecule has 2 saturated heterocycles. The largest absolute Gasteiger partial charge is 0.373 e. The second-order valence-corrected chi connectivity index (χ2v) is 5.72. The summed E-state index contributed by atoms with van der Waals surface area (Å²) in [6.45, 7) is 3.92. The van der Waals surface area contributed by atoms with Crippen molar-refractivity contribution in [2.45, 2.75) is 38.3 Å². The lowest BCUT2D eigenvalue weighted by atomic mass is 10.1.